The van der Waals surface area contributed by atoms with Crippen molar-refractivity contribution in [2.75, 3.05) is 9.80 Å². The molecule has 0 N–H and O–H groups in total. The highest BCUT2D eigenvalue weighted by molar-refractivity contribution is 6.03. The Labute approximate surface area is 386 Å². The summed E-state index contributed by atoms with van der Waals surface area (Å²) in [5.41, 5.74) is 25.7. The van der Waals surface area contributed by atoms with Gasteiger partial charge in [-0.05, 0) is 178 Å². The molecule has 0 heterocycles. The molecule has 5 aromatic carbocycles. The molecule has 320 valence electrons. The molecule has 0 saturated carbocycles. The number of fused-ring (bicyclic) bond motifs is 8. The van der Waals surface area contributed by atoms with Crippen LogP contribution < -0.4 is 9.80 Å². The van der Waals surface area contributed by atoms with E-state index in [9.17, 15) is 0 Å². The summed E-state index contributed by atoms with van der Waals surface area (Å²) < 4.78 is 0. The molecule has 0 aliphatic heterocycles. The quantitative estimate of drug-likeness (QED) is 0.168. The molecule has 5 aromatic rings. The number of para-hydroxylation sites is 3. The summed E-state index contributed by atoms with van der Waals surface area (Å²) >= 11 is 0. The molecule has 2 nitrogen and oxygen atoms in total. The van der Waals surface area contributed by atoms with Crippen LogP contribution >= 0.6 is 0 Å². The molecule has 8 aliphatic rings. The van der Waals surface area contributed by atoms with Crippen molar-refractivity contribution in [1.29, 1.82) is 0 Å². The zero-order valence-electron chi connectivity index (χ0n) is 38.5. The summed E-state index contributed by atoms with van der Waals surface area (Å²) in [6, 6.07) is 44.2. The second kappa shape index (κ2) is 14.1. The molecular formula is C63H58N2. The van der Waals surface area contributed by atoms with E-state index in [0.29, 0.717) is 17.9 Å². The number of benzene rings is 5. The number of hydrogen-bond donors (Lipinski definition) is 0. The maximum Gasteiger partial charge on any atom is 0.0493 e. The van der Waals surface area contributed by atoms with Crippen molar-refractivity contribution in [2.45, 2.75) is 95.4 Å². The Kier molecular flexibility index (Phi) is 8.44. The fourth-order valence-electron chi connectivity index (χ4n) is 14.0. The molecule has 0 aromatic heterocycles. The van der Waals surface area contributed by atoms with E-state index < -0.39 is 0 Å². The third-order valence-electron chi connectivity index (χ3n) is 17.1. The van der Waals surface area contributed by atoms with Gasteiger partial charge in [-0.15, -0.1) is 0 Å². The minimum Gasteiger partial charge on any atom is -0.337 e. The van der Waals surface area contributed by atoms with Gasteiger partial charge in [-0.1, -0.05) is 138 Å². The van der Waals surface area contributed by atoms with Crippen LogP contribution in [0.5, 0.6) is 0 Å². The van der Waals surface area contributed by atoms with Crippen molar-refractivity contribution < 1.29 is 0 Å². The maximum atomic E-state index is 2.71. The fourth-order valence-corrected chi connectivity index (χ4v) is 14.0. The SMILES string of the molecule is CC1(C)c2cc3c(cc2C(C)(C)c2cc4c(cc21)C1=CC=C(N(C2=CC=CCC2)c2ccccc2)C2=CCCC4(C)C21)C1=C2C3=CC=CC2C(N(c2ccccc2)c2ccccc2)CC1. The molecular weight excluding hydrogens is 785 g/mol. The van der Waals surface area contributed by atoms with Crippen LogP contribution in [-0.4, -0.2) is 6.04 Å². The monoisotopic (exact) mass is 842 g/mol. The first-order valence-corrected chi connectivity index (χ1v) is 24.4. The first-order valence-electron chi connectivity index (χ1n) is 24.4. The molecule has 65 heavy (non-hydrogen) atoms. The van der Waals surface area contributed by atoms with E-state index >= 15 is 0 Å². The predicted molar refractivity (Wildman–Crippen MR) is 272 cm³/mol. The normalized spacial score (nSPS) is 25.4. The van der Waals surface area contributed by atoms with Gasteiger partial charge in [-0.3, -0.25) is 0 Å². The number of anilines is 3. The van der Waals surface area contributed by atoms with Gasteiger partial charge in [0.1, 0.15) is 0 Å². The van der Waals surface area contributed by atoms with Gasteiger partial charge in [0.05, 0.1) is 0 Å². The second-order valence-electron chi connectivity index (χ2n) is 21.2. The van der Waals surface area contributed by atoms with E-state index in [-0.39, 0.29) is 16.2 Å². The van der Waals surface area contributed by atoms with Crippen LogP contribution in [0.3, 0.4) is 0 Å². The molecule has 4 unspecified atom stereocenters. The van der Waals surface area contributed by atoms with E-state index in [1.165, 1.54) is 84.1 Å². The van der Waals surface area contributed by atoms with Crippen molar-refractivity contribution in [3.63, 3.8) is 0 Å². The van der Waals surface area contributed by atoms with Crippen molar-refractivity contribution in [1.82, 2.24) is 0 Å². The van der Waals surface area contributed by atoms with Crippen LogP contribution in [-0.2, 0) is 16.2 Å². The standard InChI is InChI=1S/C63H58N2/c1-61(2)53-36-49-44-28-18-29-47-57(64(40-20-10-6-11-21-40)41-22-12-7-13-23-41)33-31-45(59(44)47)50(49)37-54(53)62(3,4)56-39-52-51(38-55(56)61)46-32-34-58(48-30-19-35-63(52,5)60(46)48)65(42-24-14-8-15-25-42)43-26-16-9-17-27-43/h6-16,18,20-26,28-30,32,34,36-39,47,57,60H,17,19,27,31,33,35H2,1-5H3. The van der Waals surface area contributed by atoms with Crippen LogP contribution in [0.25, 0.3) is 16.7 Å². The molecule has 0 amide bonds. The second-order valence-corrected chi connectivity index (χ2v) is 21.2. The van der Waals surface area contributed by atoms with Gasteiger partial charge in [0.2, 0.25) is 0 Å². The Balaban J connectivity index is 0.916. The Bertz CT molecular complexity index is 3070. The lowest BCUT2D eigenvalue weighted by Gasteiger charge is -2.45. The van der Waals surface area contributed by atoms with Gasteiger partial charge in [-0.2, -0.15) is 0 Å². The van der Waals surface area contributed by atoms with E-state index in [1.54, 1.807) is 16.7 Å². The van der Waals surface area contributed by atoms with Crippen LogP contribution in [0.4, 0.5) is 17.1 Å². The summed E-state index contributed by atoms with van der Waals surface area (Å²) in [7, 11) is 0. The zero-order valence-corrected chi connectivity index (χ0v) is 38.5. The molecule has 13 rings (SSSR count). The summed E-state index contributed by atoms with van der Waals surface area (Å²) in [4.78, 5) is 5.19. The van der Waals surface area contributed by atoms with Gasteiger partial charge in [0.15, 0.2) is 0 Å². The summed E-state index contributed by atoms with van der Waals surface area (Å²) in [5.74, 6) is 0.639. The van der Waals surface area contributed by atoms with E-state index in [1.807, 2.05) is 0 Å². The number of rotatable bonds is 6. The van der Waals surface area contributed by atoms with Gasteiger partial charge in [0.25, 0.3) is 0 Å². The maximum absolute atomic E-state index is 2.71. The third-order valence-corrected chi connectivity index (χ3v) is 17.1. The lowest BCUT2D eigenvalue weighted by atomic mass is 9.58. The number of allylic oxidation sites excluding steroid dienone is 13. The fraction of sp³-hybridized carbons (Fsp3) is 0.270. The van der Waals surface area contributed by atoms with E-state index in [0.717, 1.165) is 38.5 Å². The van der Waals surface area contributed by atoms with Crippen LogP contribution in [0, 0.1) is 11.8 Å². The molecule has 4 atom stereocenters. The minimum atomic E-state index is -0.174. The number of nitrogens with zero attached hydrogens (tertiary/aromatic N) is 2. The summed E-state index contributed by atoms with van der Waals surface area (Å²) in [5, 5.41) is 0. The van der Waals surface area contributed by atoms with Gasteiger partial charge in [-0.25, -0.2) is 0 Å². The Morgan fingerprint density at radius 2 is 1.18 bits per heavy atom. The number of hydrogen-bond acceptors (Lipinski definition) is 2. The van der Waals surface area contributed by atoms with Crippen molar-refractivity contribution in [3.05, 3.63) is 237 Å². The average Bonchev–Trinajstić information content (AvgIpc) is 3.80. The molecule has 8 aliphatic carbocycles. The topological polar surface area (TPSA) is 6.48 Å². The van der Waals surface area contributed by atoms with Crippen molar-refractivity contribution >= 4 is 33.8 Å². The average molecular weight is 843 g/mol. The van der Waals surface area contributed by atoms with Crippen molar-refractivity contribution in [2.24, 2.45) is 11.8 Å². The van der Waals surface area contributed by atoms with Crippen LogP contribution in [0.15, 0.2) is 192 Å². The van der Waals surface area contributed by atoms with Gasteiger partial charge < -0.3 is 9.80 Å². The minimum absolute atomic E-state index is 0.0180. The van der Waals surface area contributed by atoms with Crippen molar-refractivity contribution in [3.8, 4) is 0 Å². The highest BCUT2D eigenvalue weighted by atomic mass is 15.2. The first kappa shape index (κ1) is 39.0. The molecule has 0 saturated heterocycles. The molecule has 2 heteroatoms. The Morgan fingerprint density at radius 1 is 0.554 bits per heavy atom. The summed E-state index contributed by atoms with van der Waals surface area (Å²) in [6.07, 6.45) is 28.3. The smallest absolute Gasteiger partial charge is 0.0493 e. The van der Waals surface area contributed by atoms with Gasteiger partial charge >= 0.3 is 0 Å². The lowest BCUT2D eigenvalue weighted by Crippen LogP contribution is -2.40. The van der Waals surface area contributed by atoms with Gasteiger partial charge in [0, 0.05) is 62.6 Å². The lowest BCUT2D eigenvalue weighted by molar-refractivity contribution is 0.368. The molecule has 0 radical (unpaired) electrons. The largest absolute Gasteiger partial charge is 0.337 e. The zero-order chi connectivity index (χ0) is 43.8. The first-order chi connectivity index (χ1) is 31.6. The molecule has 0 fully saturated rings. The predicted octanol–water partition coefficient (Wildman–Crippen LogP) is 15.6. The Morgan fingerprint density at radius 3 is 1.85 bits per heavy atom. The van der Waals surface area contributed by atoms with Crippen LogP contribution in [0.2, 0.25) is 0 Å². The summed E-state index contributed by atoms with van der Waals surface area (Å²) in [6.45, 7) is 12.7. The van der Waals surface area contributed by atoms with E-state index in [4.69, 9.17) is 0 Å². The third kappa shape index (κ3) is 5.46. The van der Waals surface area contributed by atoms with E-state index in [2.05, 4.69) is 214 Å². The highest BCUT2D eigenvalue weighted by Crippen LogP contribution is 2.64. The highest BCUT2D eigenvalue weighted by Gasteiger charge is 2.54. The molecule has 0 bridgehead atoms. The molecule has 0 spiro atoms. The van der Waals surface area contributed by atoms with Crippen LogP contribution in [0.1, 0.15) is 118 Å². The Hall–Kier alpha value is -6.38.